The lowest BCUT2D eigenvalue weighted by Gasteiger charge is -2.29. The molecule has 2 atom stereocenters. The van der Waals surface area contributed by atoms with Gasteiger partial charge in [0, 0.05) is 22.9 Å². The van der Waals surface area contributed by atoms with Crippen molar-refractivity contribution in [2.75, 3.05) is 7.11 Å². The first-order chi connectivity index (χ1) is 12.1. The Morgan fingerprint density at radius 3 is 2.68 bits per heavy atom. The quantitative estimate of drug-likeness (QED) is 0.755. The summed E-state index contributed by atoms with van der Waals surface area (Å²) in [6.07, 6.45) is 1.94. The van der Waals surface area contributed by atoms with Crippen molar-refractivity contribution >= 4 is 27.5 Å². The molecule has 2 aliphatic rings. The Morgan fingerprint density at radius 1 is 1.24 bits per heavy atom. The molecule has 25 heavy (non-hydrogen) atoms. The van der Waals surface area contributed by atoms with E-state index in [1.807, 2.05) is 18.2 Å². The van der Waals surface area contributed by atoms with Gasteiger partial charge in [-0.25, -0.2) is 5.01 Å². The molecule has 0 aromatic heterocycles. The average molecular weight is 399 g/mol. The van der Waals surface area contributed by atoms with E-state index in [0.29, 0.717) is 0 Å². The zero-order chi connectivity index (χ0) is 17.6. The number of amides is 1. The van der Waals surface area contributed by atoms with E-state index in [1.165, 1.54) is 5.56 Å². The van der Waals surface area contributed by atoms with Crippen LogP contribution in [0.4, 0.5) is 0 Å². The molecule has 1 heterocycles. The molecule has 0 bridgehead atoms. The zero-order valence-electron chi connectivity index (χ0n) is 14.2. The van der Waals surface area contributed by atoms with E-state index in [9.17, 15) is 4.79 Å². The minimum absolute atomic E-state index is 0.0233. The zero-order valence-corrected chi connectivity index (χ0v) is 15.8. The van der Waals surface area contributed by atoms with Gasteiger partial charge in [0.2, 0.25) is 5.91 Å². The smallest absolute Gasteiger partial charge is 0.240 e. The summed E-state index contributed by atoms with van der Waals surface area (Å²) in [6.45, 7) is 1.59. The van der Waals surface area contributed by atoms with Crippen LogP contribution in [0, 0.1) is 5.92 Å². The number of carbonyl (C=O) groups excluding carboxylic acids is 1. The molecule has 2 aromatic carbocycles. The van der Waals surface area contributed by atoms with Crippen LogP contribution in [0.15, 0.2) is 52.0 Å². The Morgan fingerprint density at radius 2 is 2.00 bits per heavy atom. The maximum Gasteiger partial charge on any atom is 0.240 e. The van der Waals surface area contributed by atoms with Gasteiger partial charge >= 0.3 is 0 Å². The number of aryl methyl sites for hydroxylation is 1. The van der Waals surface area contributed by atoms with E-state index in [-0.39, 0.29) is 17.9 Å². The lowest BCUT2D eigenvalue weighted by molar-refractivity contribution is -0.131. The number of hydrogen-bond donors (Lipinski definition) is 0. The van der Waals surface area contributed by atoms with Gasteiger partial charge in [-0.05, 0) is 54.3 Å². The molecule has 0 radical (unpaired) electrons. The average Bonchev–Trinajstić information content (AvgIpc) is 3.02. The van der Waals surface area contributed by atoms with Crippen molar-refractivity contribution in [3.8, 4) is 5.75 Å². The minimum Gasteiger partial charge on any atom is -0.497 e. The standard InChI is InChI=1S/C20H19BrN2O2/c1-12(24)23-20(13-3-6-15(21)7-4-13)18-9-5-14-11-16(25-2)8-10-17(14)19(18)22-23/h3-4,6-8,10-11,18,20H,5,9H2,1-2H3. The van der Waals surface area contributed by atoms with Crippen LogP contribution in [0.5, 0.6) is 5.75 Å². The van der Waals surface area contributed by atoms with Crippen LogP contribution < -0.4 is 4.74 Å². The van der Waals surface area contributed by atoms with Crippen molar-refractivity contribution in [2.24, 2.45) is 11.0 Å². The van der Waals surface area contributed by atoms with E-state index >= 15 is 0 Å². The lowest BCUT2D eigenvalue weighted by Crippen LogP contribution is -2.31. The van der Waals surface area contributed by atoms with Crippen LogP contribution in [-0.2, 0) is 11.2 Å². The molecule has 5 heteroatoms. The van der Waals surface area contributed by atoms with Crippen LogP contribution in [0.2, 0.25) is 0 Å². The number of benzene rings is 2. The van der Waals surface area contributed by atoms with Crippen LogP contribution in [0.3, 0.4) is 0 Å². The van der Waals surface area contributed by atoms with E-state index in [2.05, 4.69) is 40.2 Å². The number of carbonyl (C=O) groups is 1. The number of hydrazone groups is 1. The molecule has 1 aliphatic heterocycles. The van der Waals surface area contributed by atoms with Crippen molar-refractivity contribution in [3.63, 3.8) is 0 Å². The Labute approximate surface area is 155 Å². The van der Waals surface area contributed by atoms with Crippen molar-refractivity contribution in [2.45, 2.75) is 25.8 Å². The fourth-order valence-electron chi connectivity index (χ4n) is 3.89. The number of hydrogen-bond acceptors (Lipinski definition) is 3. The highest BCUT2D eigenvalue weighted by Gasteiger charge is 2.42. The van der Waals surface area contributed by atoms with Gasteiger partial charge in [-0.3, -0.25) is 4.79 Å². The molecule has 128 valence electrons. The summed E-state index contributed by atoms with van der Waals surface area (Å²) in [5, 5.41) is 6.39. The first-order valence-corrected chi connectivity index (χ1v) is 9.19. The lowest BCUT2D eigenvalue weighted by atomic mass is 9.77. The molecule has 0 N–H and O–H groups in total. The van der Waals surface area contributed by atoms with Crippen molar-refractivity contribution in [1.29, 1.82) is 0 Å². The fourth-order valence-corrected chi connectivity index (χ4v) is 4.15. The first kappa shape index (κ1) is 16.3. The fraction of sp³-hybridized carbons (Fsp3) is 0.300. The number of halogens is 1. The molecule has 1 aliphatic carbocycles. The minimum atomic E-state index is -0.0316. The second-order valence-electron chi connectivity index (χ2n) is 6.51. The van der Waals surface area contributed by atoms with Crippen LogP contribution in [0.25, 0.3) is 0 Å². The van der Waals surface area contributed by atoms with E-state index in [0.717, 1.165) is 39.9 Å². The highest BCUT2D eigenvalue weighted by Crippen LogP contribution is 2.44. The van der Waals surface area contributed by atoms with Gasteiger partial charge in [-0.1, -0.05) is 28.1 Å². The molecular weight excluding hydrogens is 380 g/mol. The first-order valence-electron chi connectivity index (χ1n) is 8.39. The Balaban J connectivity index is 1.78. The molecule has 1 amide bonds. The molecule has 0 saturated heterocycles. The van der Waals surface area contributed by atoms with E-state index in [4.69, 9.17) is 9.84 Å². The van der Waals surface area contributed by atoms with E-state index in [1.54, 1.807) is 19.0 Å². The highest BCUT2D eigenvalue weighted by atomic mass is 79.9. The maximum atomic E-state index is 12.2. The van der Waals surface area contributed by atoms with Gasteiger partial charge in [-0.15, -0.1) is 0 Å². The second-order valence-corrected chi connectivity index (χ2v) is 7.43. The predicted octanol–water partition coefficient (Wildman–Crippen LogP) is 4.33. The summed E-state index contributed by atoms with van der Waals surface area (Å²) in [5.74, 6) is 1.07. The summed E-state index contributed by atoms with van der Waals surface area (Å²) < 4.78 is 6.38. The molecule has 0 spiro atoms. The summed E-state index contributed by atoms with van der Waals surface area (Å²) >= 11 is 3.48. The van der Waals surface area contributed by atoms with Crippen LogP contribution in [-0.4, -0.2) is 23.7 Å². The van der Waals surface area contributed by atoms with Gasteiger partial charge in [0.05, 0.1) is 18.9 Å². The van der Waals surface area contributed by atoms with Gasteiger partial charge in [0.1, 0.15) is 5.75 Å². The molecule has 0 saturated carbocycles. The molecule has 0 fully saturated rings. The number of fused-ring (bicyclic) bond motifs is 3. The van der Waals surface area contributed by atoms with Crippen molar-refractivity contribution in [3.05, 3.63) is 63.6 Å². The molecular formula is C20H19BrN2O2. The normalized spacial score (nSPS) is 21.4. The largest absolute Gasteiger partial charge is 0.497 e. The van der Waals surface area contributed by atoms with Gasteiger partial charge in [0.25, 0.3) is 0 Å². The third kappa shape index (κ3) is 2.76. The number of methoxy groups -OCH3 is 1. The molecule has 2 aromatic rings. The monoisotopic (exact) mass is 398 g/mol. The second kappa shape index (κ2) is 6.30. The Bertz CT molecular complexity index is 860. The summed E-state index contributed by atoms with van der Waals surface area (Å²) in [6, 6.07) is 14.3. The highest BCUT2D eigenvalue weighted by molar-refractivity contribution is 9.10. The van der Waals surface area contributed by atoms with E-state index < -0.39 is 0 Å². The SMILES string of the molecule is COc1ccc2c(c1)CCC1C2=NN(C(C)=O)C1c1ccc(Br)cc1. The number of ether oxygens (including phenoxy) is 1. The van der Waals surface area contributed by atoms with Crippen LogP contribution in [0.1, 0.15) is 36.1 Å². The Kier molecular flexibility index (Phi) is 4.12. The van der Waals surface area contributed by atoms with Gasteiger partial charge < -0.3 is 4.74 Å². The van der Waals surface area contributed by atoms with Gasteiger partial charge in [0.15, 0.2) is 0 Å². The third-order valence-corrected chi connectivity index (χ3v) is 5.59. The third-order valence-electron chi connectivity index (χ3n) is 5.06. The van der Waals surface area contributed by atoms with Gasteiger partial charge in [-0.2, -0.15) is 5.10 Å². The topological polar surface area (TPSA) is 41.9 Å². The van der Waals surface area contributed by atoms with Crippen molar-refractivity contribution in [1.82, 2.24) is 5.01 Å². The molecule has 2 unspecified atom stereocenters. The summed E-state index contributed by atoms with van der Waals surface area (Å²) in [4.78, 5) is 12.2. The number of nitrogens with zero attached hydrogens (tertiary/aromatic N) is 2. The molecule has 4 nitrogen and oxygen atoms in total. The number of rotatable bonds is 2. The molecule has 4 rings (SSSR count). The Hall–Kier alpha value is -2.14. The van der Waals surface area contributed by atoms with Crippen LogP contribution >= 0.6 is 15.9 Å². The maximum absolute atomic E-state index is 12.2. The predicted molar refractivity (Wildman–Crippen MR) is 101 cm³/mol. The summed E-state index contributed by atoms with van der Waals surface area (Å²) in [5.41, 5.74) is 4.53. The van der Waals surface area contributed by atoms with Crippen molar-refractivity contribution < 1.29 is 9.53 Å². The summed E-state index contributed by atoms with van der Waals surface area (Å²) in [7, 11) is 1.68.